The normalized spacial score (nSPS) is 20.9. The zero-order valence-corrected chi connectivity index (χ0v) is 13.9. The number of aryl methyl sites for hydroxylation is 1. The first-order valence-electron chi connectivity index (χ1n) is 7.49. The first-order chi connectivity index (χ1) is 11.1. The van der Waals surface area contributed by atoms with Gasteiger partial charge in [-0.25, -0.2) is 0 Å². The molecule has 0 spiro atoms. The third kappa shape index (κ3) is 3.38. The fourth-order valence-corrected chi connectivity index (χ4v) is 3.26. The van der Waals surface area contributed by atoms with Gasteiger partial charge in [0.15, 0.2) is 0 Å². The number of carbonyl (C=O) groups excluding carboxylic acids is 1. The molecular formula is C16H19ClN4O2. The lowest BCUT2D eigenvalue weighted by Gasteiger charge is -2.16. The van der Waals surface area contributed by atoms with E-state index in [1.165, 1.54) is 0 Å². The molecule has 2 aromatic rings. The summed E-state index contributed by atoms with van der Waals surface area (Å²) in [6.07, 6.45) is 1.90. The third-order valence-electron chi connectivity index (χ3n) is 4.29. The molecule has 1 aromatic carbocycles. The third-order valence-corrected chi connectivity index (χ3v) is 4.64. The van der Waals surface area contributed by atoms with Crippen LogP contribution in [0.2, 0.25) is 5.02 Å². The second-order valence-corrected chi connectivity index (χ2v) is 6.25. The lowest BCUT2D eigenvalue weighted by molar-refractivity contribution is -0.129. The maximum Gasteiger partial charge on any atom is 0.227 e. The van der Waals surface area contributed by atoms with Crippen molar-refractivity contribution in [2.75, 3.05) is 20.2 Å². The summed E-state index contributed by atoms with van der Waals surface area (Å²) in [5.41, 5.74) is 2.75. The highest BCUT2D eigenvalue weighted by molar-refractivity contribution is 6.31. The molecule has 23 heavy (non-hydrogen) atoms. The van der Waals surface area contributed by atoms with E-state index in [0.29, 0.717) is 24.5 Å². The van der Waals surface area contributed by atoms with Gasteiger partial charge in [-0.1, -0.05) is 23.7 Å². The lowest BCUT2D eigenvalue weighted by atomic mass is 10.0. The van der Waals surface area contributed by atoms with E-state index >= 15 is 0 Å². The van der Waals surface area contributed by atoms with Gasteiger partial charge >= 0.3 is 0 Å². The maximum absolute atomic E-state index is 12.6. The number of aromatic nitrogens is 3. The molecule has 2 heterocycles. The number of nitrogens with zero attached hydrogens (tertiary/aromatic N) is 3. The van der Waals surface area contributed by atoms with Crippen molar-refractivity contribution < 1.29 is 9.53 Å². The molecule has 1 saturated heterocycles. The minimum atomic E-state index is -0.0717. The zero-order valence-electron chi connectivity index (χ0n) is 13.1. The van der Waals surface area contributed by atoms with E-state index in [4.69, 9.17) is 16.3 Å². The van der Waals surface area contributed by atoms with Crippen molar-refractivity contribution in [1.29, 1.82) is 0 Å². The van der Waals surface area contributed by atoms with Gasteiger partial charge in [-0.05, 0) is 24.1 Å². The number of nitrogens with one attached hydrogen (secondary N) is 1. The summed E-state index contributed by atoms with van der Waals surface area (Å²) in [4.78, 5) is 14.4. The van der Waals surface area contributed by atoms with E-state index in [1.54, 1.807) is 13.3 Å². The summed E-state index contributed by atoms with van der Waals surface area (Å²) in [5, 5.41) is 11.2. The Balaban J connectivity index is 1.71. The molecule has 1 N–H and O–H groups in total. The molecule has 0 aliphatic carbocycles. The number of halogens is 1. The number of carbonyl (C=O) groups is 1. The number of benzene rings is 1. The van der Waals surface area contributed by atoms with Crippen molar-refractivity contribution in [3.8, 4) is 0 Å². The van der Waals surface area contributed by atoms with Gasteiger partial charge < -0.3 is 9.64 Å². The van der Waals surface area contributed by atoms with E-state index in [2.05, 4.69) is 15.4 Å². The average Bonchev–Trinajstić information content (AvgIpc) is 3.17. The fourth-order valence-electron chi connectivity index (χ4n) is 2.96. The van der Waals surface area contributed by atoms with E-state index < -0.39 is 0 Å². The standard InChI is InChI=1S/C16H19ClN4O2/c1-10-3-4-11(13(17)5-10)6-16(22)21-8-12(15(9-21)23-2)14-7-18-20-19-14/h3-5,7,12,15H,6,8-9H2,1-2H3,(H,18,19,20)/t12-,15+/m0/s1. The Labute approximate surface area is 139 Å². The fraction of sp³-hybridized carbons (Fsp3) is 0.438. The van der Waals surface area contributed by atoms with Gasteiger partial charge in [-0.2, -0.15) is 15.4 Å². The highest BCUT2D eigenvalue weighted by atomic mass is 35.5. The van der Waals surface area contributed by atoms with Gasteiger partial charge in [-0.3, -0.25) is 4.79 Å². The Morgan fingerprint density at radius 3 is 2.96 bits per heavy atom. The maximum atomic E-state index is 12.6. The van der Waals surface area contributed by atoms with Gasteiger partial charge in [0.1, 0.15) is 0 Å². The zero-order chi connectivity index (χ0) is 16.4. The smallest absolute Gasteiger partial charge is 0.227 e. The van der Waals surface area contributed by atoms with Crippen molar-refractivity contribution >= 4 is 17.5 Å². The van der Waals surface area contributed by atoms with Crippen LogP contribution >= 0.6 is 11.6 Å². The number of hydrogen-bond acceptors (Lipinski definition) is 4. The van der Waals surface area contributed by atoms with Crippen LogP contribution in [0.3, 0.4) is 0 Å². The van der Waals surface area contributed by atoms with Crippen LogP contribution in [0.4, 0.5) is 0 Å². The van der Waals surface area contributed by atoms with Crippen LogP contribution in [0, 0.1) is 6.92 Å². The Hall–Kier alpha value is -1.92. The number of aromatic amines is 1. The van der Waals surface area contributed by atoms with Gasteiger partial charge in [0.2, 0.25) is 5.91 Å². The van der Waals surface area contributed by atoms with Crippen LogP contribution in [0.5, 0.6) is 0 Å². The Morgan fingerprint density at radius 1 is 1.48 bits per heavy atom. The molecule has 122 valence electrons. The van der Waals surface area contributed by atoms with Crippen molar-refractivity contribution in [2.24, 2.45) is 0 Å². The first kappa shape index (κ1) is 16.0. The van der Waals surface area contributed by atoms with Gasteiger partial charge in [0.25, 0.3) is 0 Å². The average molecular weight is 335 g/mol. The topological polar surface area (TPSA) is 71.1 Å². The van der Waals surface area contributed by atoms with E-state index in [-0.39, 0.29) is 17.9 Å². The number of ether oxygens (including phenoxy) is 1. The molecule has 1 fully saturated rings. The van der Waals surface area contributed by atoms with Gasteiger partial charge in [-0.15, -0.1) is 0 Å². The van der Waals surface area contributed by atoms with Crippen LogP contribution < -0.4 is 0 Å². The van der Waals surface area contributed by atoms with Crippen molar-refractivity contribution in [3.05, 3.63) is 46.2 Å². The monoisotopic (exact) mass is 334 g/mol. The molecular weight excluding hydrogens is 316 g/mol. The minimum absolute atomic E-state index is 0.0381. The molecule has 7 heteroatoms. The summed E-state index contributed by atoms with van der Waals surface area (Å²) in [7, 11) is 1.66. The summed E-state index contributed by atoms with van der Waals surface area (Å²) >= 11 is 6.23. The number of hydrogen-bond donors (Lipinski definition) is 1. The Morgan fingerprint density at radius 2 is 2.30 bits per heavy atom. The highest BCUT2D eigenvalue weighted by Gasteiger charge is 2.37. The van der Waals surface area contributed by atoms with Crippen molar-refractivity contribution in [3.63, 3.8) is 0 Å². The van der Waals surface area contributed by atoms with Crippen LogP contribution in [-0.2, 0) is 16.0 Å². The van der Waals surface area contributed by atoms with Crippen LogP contribution in [-0.4, -0.2) is 52.5 Å². The largest absolute Gasteiger partial charge is 0.379 e. The summed E-state index contributed by atoms with van der Waals surface area (Å²) in [6.45, 7) is 3.10. The second kappa shape index (κ2) is 6.68. The first-order valence-corrected chi connectivity index (χ1v) is 7.87. The van der Waals surface area contributed by atoms with Crippen LogP contribution in [0.1, 0.15) is 22.7 Å². The van der Waals surface area contributed by atoms with E-state index in [1.807, 2.05) is 30.0 Å². The second-order valence-electron chi connectivity index (χ2n) is 5.85. The Bertz CT molecular complexity index is 689. The number of likely N-dealkylation sites (tertiary alicyclic amines) is 1. The molecule has 1 aliphatic heterocycles. The number of amides is 1. The predicted octanol–water partition coefficient (Wildman–Crippen LogP) is 1.95. The van der Waals surface area contributed by atoms with Crippen molar-refractivity contribution in [1.82, 2.24) is 20.3 Å². The summed E-state index contributed by atoms with van der Waals surface area (Å²) in [5.74, 6) is 0.0833. The molecule has 0 bridgehead atoms. The van der Waals surface area contributed by atoms with Gasteiger partial charge in [0, 0.05) is 25.2 Å². The van der Waals surface area contributed by atoms with E-state index in [9.17, 15) is 4.79 Å². The summed E-state index contributed by atoms with van der Waals surface area (Å²) in [6, 6.07) is 5.76. The number of methoxy groups -OCH3 is 1. The molecule has 1 aliphatic rings. The number of H-pyrrole nitrogens is 1. The SMILES string of the molecule is CO[C@@H]1CN(C(=O)Cc2ccc(C)cc2Cl)C[C@H]1c1cn[nH]n1. The van der Waals surface area contributed by atoms with Crippen LogP contribution in [0.25, 0.3) is 0 Å². The quantitative estimate of drug-likeness (QED) is 0.927. The van der Waals surface area contributed by atoms with Gasteiger partial charge in [0.05, 0.1) is 30.3 Å². The van der Waals surface area contributed by atoms with E-state index in [0.717, 1.165) is 16.8 Å². The minimum Gasteiger partial charge on any atom is -0.379 e. The predicted molar refractivity (Wildman–Crippen MR) is 86.4 cm³/mol. The molecule has 3 rings (SSSR count). The molecule has 1 amide bonds. The summed E-state index contributed by atoms with van der Waals surface area (Å²) < 4.78 is 5.52. The molecule has 0 unspecified atom stereocenters. The highest BCUT2D eigenvalue weighted by Crippen LogP contribution is 2.28. The molecule has 6 nitrogen and oxygen atoms in total. The lowest BCUT2D eigenvalue weighted by Crippen LogP contribution is -2.31. The molecule has 0 saturated carbocycles. The molecule has 0 radical (unpaired) electrons. The molecule has 1 aromatic heterocycles. The van der Waals surface area contributed by atoms with Crippen molar-refractivity contribution in [2.45, 2.75) is 25.4 Å². The van der Waals surface area contributed by atoms with Crippen LogP contribution in [0.15, 0.2) is 24.4 Å². The molecule has 2 atom stereocenters. The number of rotatable bonds is 4. The Kier molecular flexibility index (Phi) is 4.63.